The molecule has 0 atom stereocenters. The van der Waals surface area contributed by atoms with E-state index in [1.54, 1.807) is 12.1 Å². The second-order valence-electron chi connectivity index (χ2n) is 6.32. The monoisotopic (exact) mass is 296 g/mol. The molecular formula is C18H26ClF. The molecular weight excluding hydrogens is 271 g/mol. The zero-order valence-electron chi connectivity index (χ0n) is 12.5. The molecule has 0 saturated heterocycles. The van der Waals surface area contributed by atoms with Gasteiger partial charge in [-0.05, 0) is 42.4 Å². The van der Waals surface area contributed by atoms with Crippen LogP contribution in [-0.2, 0) is 6.42 Å². The molecule has 2 heteroatoms. The van der Waals surface area contributed by atoms with Crippen LogP contribution < -0.4 is 0 Å². The van der Waals surface area contributed by atoms with Crippen LogP contribution in [-0.4, -0.2) is 0 Å². The fourth-order valence-electron chi connectivity index (χ4n) is 3.37. The molecule has 0 aromatic heterocycles. The van der Waals surface area contributed by atoms with Crippen molar-refractivity contribution in [2.24, 2.45) is 11.8 Å². The molecule has 0 heterocycles. The standard InChI is InChI=1S/C18H26ClF/c1-2-3-4-14-5-7-15(8-6-14)9-10-16-11-12-17(19)18(20)13-16/h11-15H,2-10H2,1H3/t14-,15-. The van der Waals surface area contributed by atoms with Gasteiger partial charge >= 0.3 is 0 Å². The van der Waals surface area contributed by atoms with Crippen LogP contribution in [0.4, 0.5) is 4.39 Å². The second-order valence-corrected chi connectivity index (χ2v) is 6.72. The van der Waals surface area contributed by atoms with Crippen LogP contribution in [0, 0.1) is 17.7 Å². The van der Waals surface area contributed by atoms with Crippen molar-refractivity contribution in [3.8, 4) is 0 Å². The number of aryl methyl sites for hydroxylation is 1. The molecule has 0 nitrogen and oxygen atoms in total. The van der Waals surface area contributed by atoms with E-state index in [4.69, 9.17) is 11.6 Å². The summed E-state index contributed by atoms with van der Waals surface area (Å²) in [7, 11) is 0. The molecule has 2 rings (SSSR count). The summed E-state index contributed by atoms with van der Waals surface area (Å²) >= 11 is 5.71. The molecule has 0 spiro atoms. The van der Waals surface area contributed by atoms with Crippen LogP contribution in [0.3, 0.4) is 0 Å². The summed E-state index contributed by atoms with van der Waals surface area (Å²) in [5.74, 6) is 1.53. The van der Waals surface area contributed by atoms with Crippen molar-refractivity contribution in [1.29, 1.82) is 0 Å². The Labute approximate surface area is 127 Å². The van der Waals surface area contributed by atoms with E-state index in [2.05, 4.69) is 6.92 Å². The topological polar surface area (TPSA) is 0 Å². The molecule has 1 aromatic rings. The Morgan fingerprint density at radius 1 is 1.10 bits per heavy atom. The summed E-state index contributed by atoms with van der Waals surface area (Å²) in [6.07, 6.45) is 11.8. The van der Waals surface area contributed by atoms with Gasteiger partial charge in [-0.25, -0.2) is 4.39 Å². The predicted molar refractivity (Wildman–Crippen MR) is 84.7 cm³/mol. The Bertz CT molecular complexity index is 408. The average Bonchev–Trinajstić information content (AvgIpc) is 2.47. The number of rotatable bonds is 6. The number of halogens is 2. The number of hydrogen-bond acceptors (Lipinski definition) is 0. The average molecular weight is 297 g/mol. The van der Waals surface area contributed by atoms with E-state index < -0.39 is 0 Å². The maximum atomic E-state index is 13.4. The Hall–Kier alpha value is -0.560. The zero-order valence-corrected chi connectivity index (χ0v) is 13.3. The lowest BCUT2D eigenvalue weighted by Crippen LogP contribution is -2.15. The maximum absolute atomic E-state index is 13.4. The minimum absolute atomic E-state index is 0.227. The van der Waals surface area contributed by atoms with Crippen molar-refractivity contribution in [1.82, 2.24) is 0 Å². The fraction of sp³-hybridized carbons (Fsp3) is 0.667. The van der Waals surface area contributed by atoms with Crippen LogP contribution in [0.25, 0.3) is 0 Å². The summed E-state index contributed by atoms with van der Waals surface area (Å²) in [5.41, 5.74) is 1.08. The largest absolute Gasteiger partial charge is 0.205 e. The van der Waals surface area contributed by atoms with E-state index >= 15 is 0 Å². The van der Waals surface area contributed by atoms with Crippen LogP contribution in [0.5, 0.6) is 0 Å². The van der Waals surface area contributed by atoms with Crippen molar-refractivity contribution >= 4 is 11.6 Å². The highest BCUT2D eigenvalue weighted by Gasteiger charge is 2.20. The molecule has 0 N–H and O–H groups in total. The van der Waals surface area contributed by atoms with Gasteiger partial charge in [0.05, 0.1) is 5.02 Å². The van der Waals surface area contributed by atoms with E-state index in [0.717, 1.165) is 23.8 Å². The third-order valence-electron chi connectivity index (χ3n) is 4.76. The highest BCUT2D eigenvalue weighted by molar-refractivity contribution is 6.30. The Kier molecular flexibility index (Phi) is 6.35. The molecule has 20 heavy (non-hydrogen) atoms. The predicted octanol–water partition coefficient (Wildman–Crippen LogP) is 6.41. The second kappa shape index (κ2) is 8.02. The summed E-state index contributed by atoms with van der Waals surface area (Å²) in [5, 5.41) is 0.227. The molecule has 0 radical (unpaired) electrons. The van der Waals surface area contributed by atoms with Crippen LogP contribution in [0.1, 0.15) is 63.9 Å². The number of unbranched alkanes of at least 4 members (excludes halogenated alkanes) is 1. The van der Waals surface area contributed by atoms with E-state index in [9.17, 15) is 4.39 Å². The van der Waals surface area contributed by atoms with Gasteiger partial charge in [0.1, 0.15) is 5.82 Å². The van der Waals surface area contributed by atoms with E-state index in [1.165, 1.54) is 51.4 Å². The van der Waals surface area contributed by atoms with Gasteiger partial charge in [-0.1, -0.05) is 69.5 Å². The Morgan fingerprint density at radius 3 is 2.35 bits per heavy atom. The van der Waals surface area contributed by atoms with Crippen molar-refractivity contribution < 1.29 is 4.39 Å². The summed E-state index contributed by atoms with van der Waals surface area (Å²) in [6.45, 7) is 2.27. The fourth-order valence-corrected chi connectivity index (χ4v) is 3.49. The van der Waals surface area contributed by atoms with Gasteiger partial charge in [0, 0.05) is 0 Å². The van der Waals surface area contributed by atoms with E-state index in [1.807, 2.05) is 6.07 Å². The van der Waals surface area contributed by atoms with E-state index in [0.29, 0.717) is 0 Å². The smallest absolute Gasteiger partial charge is 0.142 e. The first-order valence-electron chi connectivity index (χ1n) is 8.13. The molecule has 1 aliphatic rings. The first-order valence-corrected chi connectivity index (χ1v) is 8.50. The minimum Gasteiger partial charge on any atom is -0.205 e. The maximum Gasteiger partial charge on any atom is 0.142 e. The van der Waals surface area contributed by atoms with Crippen LogP contribution in [0.2, 0.25) is 5.02 Å². The molecule has 1 aromatic carbocycles. The number of benzene rings is 1. The first-order chi connectivity index (χ1) is 9.69. The summed E-state index contributed by atoms with van der Waals surface area (Å²) in [4.78, 5) is 0. The summed E-state index contributed by atoms with van der Waals surface area (Å²) < 4.78 is 13.4. The highest BCUT2D eigenvalue weighted by Crippen LogP contribution is 2.34. The lowest BCUT2D eigenvalue weighted by molar-refractivity contribution is 0.250. The van der Waals surface area contributed by atoms with Gasteiger partial charge in [-0.2, -0.15) is 0 Å². The first kappa shape index (κ1) is 15.8. The molecule has 0 aliphatic heterocycles. The molecule has 112 valence electrons. The molecule has 0 amide bonds. The van der Waals surface area contributed by atoms with Crippen molar-refractivity contribution in [2.45, 2.75) is 64.7 Å². The molecule has 1 fully saturated rings. The van der Waals surface area contributed by atoms with Gasteiger partial charge < -0.3 is 0 Å². The van der Waals surface area contributed by atoms with Crippen LogP contribution in [0.15, 0.2) is 18.2 Å². The normalized spacial score (nSPS) is 22.9. The van der Waals surface area contributed by atoms with Gasteiger partial charge in [-0.3, -0.25) is 0 Å². The molecule has 0 unspecified atom stereocenters. The van der Waals surface area contributed by atoms with Crippen molar-refractivity contribution in [3.05, 3.63) is 34.6 Å². The van der Waals surface area contributed by atoms with Gasteiger partial charge in [-0.15, -0.1) is 0 Å². The Morgan fingerprint density at radius 2 is 1.75 bits per heavy atom. The van der Waals surface area contributed by atoms with Crippen LogP contribution >= 0.6 is 11.6 Å². The third-order valence-corrected chi connectivity index (χ3v) is 5.06. The van der Waals surface area contributed by atoms with Crippen molar-refractivity contribution in [3.63, 3.8) is 0 Å². The highest BCUT2D eigenvalue weighted by atomic mass is 35.5. The number of hydrogen-bond donors (Lipinski definition) is 0. The van der Waals surface area contributed by atoms with Gasteiger partial charge in [0.2, 0.25) is 0 Å². The lowest BCUT2D eigenvalue weighted by atomic mass is 9.78. The summed E-state index contributed by atoms with van der Waals surface area (Å²) in [6, 6.07) is 5.22. The van der Waals surface area contributed by atoms with Gasteiger partial charge in [0.15, 0.2) is 0 Å². The van der Waals surface area contributed by atoms with Crippen molar-refractivity contribution in [2.75, 3.05) is 0 Å². The zero-order chi connectivity index (χ0) is 14.4. The van der Waals surface area contributed by atoms with E-state index in [-0.39, 0.29) is 10.8 Å². The lowest BCUT2D eigenvalue weighted by Gasteiger charge is -2.28. The third kappa shape index (κ3) is 4.77. The van der Waals surface area contributed by atoms with Gasteiger partial charge in [0.25, 0.3) is 0 Å². The molecule has 0 bridgehead atoms. The quantitative estimate of drug-likeness (QED) is 0.569. The Balaban J connectivity index is 1.71. The SMILES string of the molecule is CCCC[C@H]1CC[C@H](CCc2ccc(Cl)c(F)c2)CC1. The molecule has 1 saturated carbocycles. The molecule has 1 aliphatic carbocycles. The minimum atomic E-state index is -0.285.